The third-order valence-electron chi connectivity index (χ3n) is 5.44. The van der Waals surface area contributed by atoms with Crippen LogP contribution in [-0.2, 0) is 22.5 Å². The second-order valence-corrected chi connectivity index (χ2v) is 9.62. The summed E-state index contributed by atoms with van der Waals surface area (Å²) in [7, 11) is 0. The van der Waals surface area contributed by atoms with Crippen molar-refractivity contribution in [2.75, 3.05) is 18.1 Å². The summed E-state index contributed by atoms with van der Waals surface area (Å²) in [4.78, 5) is 33.2. The van der Waals surface area contributed by atoms with Crippen LogP contribution in [0.4, 0.5) is 23.7 Å². The van der Waals surface area contributed by atoms with Crippen LogP contribution in [0.5, 0.6) is 0 Å². The van der Waals surface area contributed by atoms with Gasteiger partial charge in [-0.3, -0.25) is 9.78 Å². The number of hydrogen-bond donors (Lipinski definition) is 0. The quantitative estimate of drug-likeness (QED) is 0.237. The third kappa shape index (κ3) is 6.29. The molecule has 0 atom stereocenters. The van der Waals surface area contributed by atoms with Crippen LogP contribution in [0.2, 0.25) is 0 Å². The Labute approximate surface area is 201 Å². The maximum Gasteiger partial charge on any atom is 0.446 e. The second-order valence-electron chi connectivity index (χ2n) is 8.48. The van der Waals surface area contributed by atoms with Crippen molar-refractivity contribution in [1.29, 1.82) is 0 Å². The topological polar surface area (TPSA) is 62.7 Å². The highest BCUT2D eigenvalue weighted by molar-refractivity contribution is 8.00. The molecule has 1 aromatic carbocycles. The van der Waals surface area contributed by atoms with Gasteiger partial charge in [-0.2, -0.15) is 13.2 Å². The number of ether oxygens (including phenoxy) is 1. The summed E-state index contributed by atoms with van der Waals surface area (Å²) in [5.74, 6) is -0.434. The van der Waals surface area contributed by atoms with Gasteiger partial charge in [-0.1, -0.05) is 6.92 Å². The molecule has 0 saturated carbocycles. The number of benzene rings is 1. The van der Waals surface area contributed by atoms with Crippen LogP contribution in [-0.4, -0.2) is 46.1 Å². The monoisotopic (exact) mass is 495 g/mol. The lowest BCUT2D eigenvalue weighted by molar-refractivity contribution is -0.123. The van der Waals surface area contributed by atoms with E-state index >= 15 is 0 Å². The van der Waals surface area contributed by atoms with Gasteiger partial charge in [-0.25, -0.2) is 9.69 Å². The molecule has 2 aromatic rings. The van der Waals surface area contributed by atoms with E-state index in [9.17, 15) is 22.8 Å². The van der Waals surface area contributed by atoms with Gasteiger partial charge in [0.05, 0.1) is 5.69 Å². The minimum absolute atomic E-state index is 0.0177. The molecule has 34 heavy (non-hydrogen) atoms. The fourth-order valence-electron chi connectivity index (χ4n) is 3.67. The van der Waals surface area contributed by atoms with E-state index in [0.717, 1.165) is 42.0 Å². The van der Waals surface area contributed by atoms with Crippen molar-refractivity contribution >= 4 is 29.4 Å². The van der Waals surface area contributed by atoms with Crippen LogP contribution < -0.4 is 4.90 Å². The van der Waals surface area contributed by atoms with E-state index in [1.54, 1.807) is 26.1 Å². The average Bonchev–Trinajstić information content (AvgIpc) is 2.93. The lowest BCUT2D eigenvalue weighted by Gasteiger charge is -2.27. The van der Waals surface area contributed by atoms with Crippen molar-refractivity contribution in [2.45, 2.75) is 62.5 Å². The molecule has 0 bridgehead atoms. The number of aromatic nitrogens is 1. The van der Waals surface area contributed by atoms with E-state index in [4.69, 9.17) is 4.74 Å². The van der Waals surface area contributed by atoms with Crippen molar-refractivity contribution in [3.63, 3.8) is 0 Å². The first-order valence-electron chi connectivity index (χ1n) is 11.1. The molecule has 3 amide bonds. The van der Waals surface area contributed by atoms with Gasteiger partial charge >= 0.3 is 11.5 Å². The van der Waals surface area contributed by atoms with E-state index in [1.165, 1.54) is 29.2 Å². The standard InChI is InChI=1S/C24H28F3N3O3S/c1-4-13-33-14-5-6-18-15-17(11-12-28-18)16-29-22(32)30(21(31)23(29,2)3)19-7-9-20(10-8-19)34-24(25,26)27/h7-12,15H,4-6,13-14,16H2,1-3H3. The zero-order valence-electron chi connectivity index (χ0n) is 19.4. The zero-order valence-corrected chi connectivity index (χ0v) is 20.2. The number of halogens is 3. The van der Waals surface area contributed by atoms with Crippen molar-refractivity contribution in [1.82, 2.24) is 9.88 Å². The molecular weight excluding hydrogens is 467 g/mol. The number of urea groups is 1. The molecule has 1 saturated heterocycles. The highest BCUT2D eigenvalue weighted by Gasteiger charge is 2.51. The van der Waals surface area contributed by atoms with Crippen LogP contribution >= 0.6 is 11.8 Å². The van der Waals surface area contributed by atoms with E-state index in [2.05, 4.69) is 11.9 Å². The predicted molar refractivity (Wildman–Crippen MR) is 125 cm³/mol. The molecule has 10 heteroatoms. The Morgan fingerprint density at radius 1 is 1.09 bits per heavy atom. The maximum absolute atomic E-state index is 13.2. The van der Waals surface area contributed by atoms with Crippen molar-refractivity contribution in [3.8, 4) is 0 Å². The Kier molecular flexibility index (Phi) is 8.25. The predicted octanol–water partition coefficient (Wildman–Crippen LogP) is 5.80. The van der Waals surface area contributed by atoms with Crippen molar-refractivity contribution in [3.05, 3.63) is 53.9 Å². The fraction of sp³-hybridized carbons (Fsp3) is 0.458. The van der Waals surface area contributed by atoms with Crippen LogP contribution in [0.1, 0.15) is 44.9 Å². The Bertz CT molecular complexity index is 1010. The molecule has 2 heterocycles. The molecule has 3 rings (SSSR count). The van der Waals surface area contributed by atoms with Crippen molar-refractivity contribution in [2.24, 2.45) is 0 Å². The smallest absolute Gasteiger partial charge is 0.381 e. The van der Waals surface area contributed by atoms with Crippen LogP contribution in [0.3, 0.4) is 0 Å². The average molecular weight is 496 g/mol. The lowest BCUT2D eigenvalue weighted by atomic mass is 10.0. The molecule has 1 fully saturated rings. The van der Waals surface area contributed by atoms with Gasteiger partial charge in [0.25, 0.3) is 5.91 Å². The summed E-state index contributed by atoms with van der Waals surface area (Å²) < 4.78 is 43.3. The normalized spacial score (nSPS) is 15.9. The van der Waals surface area contributed by atoms with Gasteiger partial charge in [0.1, 0.15) is 5.54 Å². The number of rotatable bonds is 10. The number of amides is 3. The number of pyridine rings is 1. The number of nitrogens with zero attached hydrogens (tertiary/aromatic N) is 3. The molecule has 1 aliphatic rings. The number of anilines is 1. The summed E-state index contributed by atoms with van der Waals surface area (Å²) in [6, 6.07) is 8.42. The first-order valence-corrected chi connectivity index (χ1v) is 11.9. The lowest BCUT2D eigenvalue weighted by Crippen LogP contribution is -2.43. The first-order chi connectivity index (χ1) is 16.0. The molecule has 1 aliphatic heterocycles. The van der Waals surface area contributed by atoms with Gasteiger partial charge in [-0.05, 0) is 86.8 Å². The number of carbonyl (C=O) groups excluding carboxylic acids is 2. The zero-order chi connectivity index (χ0) is 24.9. The summed E-state index contributed by atoms with van der Waals surface area (Å²) in [6.07, 6.45) is 4.23. The van der Waals surface area contributed by atoms with E-state index < -0.39 is 23.0 Å². The van der Waals surface area contributed by atoms with Crippen LogP contribution in [0.25, 0.3) is 0 Å². The molecule has 0 N–H and O–H groups in total. The number of imide groups is 1. The SMILES string of the molecule is CCCOCCCc1cc(CN2C(=O)N(c3ccc(SC(F)(F)F)cc3)C(=O)C2(C)C)ccn1. The summed E-state index contributed by atoms with van der Waals surface area (Å²) in [6.45, 7) is 6.97. The molecule has 0 radical (unpaired) electrons. The third-order valence-corrected chi connectivity index (χ3v) is 6.18. The largest absolute Gasteiger partial charge is 0.446 e. The Hall–Kier alpha value is -2.59. The van der Waals surface area contributed by atoms with Crippen molar-refractivity contribution < 1.29 is 27.5 Å². The number of aryl methyl sites for hydroxylation is 1. The fourth-order valence-corrected chi connectivity index (χ4v) is 4.21. The maximum atomic E-state index is 13.2. The van der Waals surface area contributed by atoms with Gasteiger partial charge in [-0.15, -0.1) is 0 Å². The summed E-state index contributed by atoms with van der Waals surface area (Å²) in [5, 5.41) is 0. The van der Waals surface area contributed by atoms with Gasteiger partial charge in [0.15, 0.2) is 0 Å². The molecule has 0 unspecified atom stereocenters. The highest BCUT2D eigenvalue weighted by atomic mass is 32.2. The second kappa shape index (κ2) is 10.8. The van der Waals surface area contributed by atoms with Gasteiger partial charge < -0.3 is 9.64 Å². The minimum Gasteiger partial charge on any atom is -0.381 e. The van der Waals surface area contributed by atoms with E-state index in [1.807, 2.05) is 6.07 Å². The van der Waals surface area contributed by atoms with Gasteiger partial charge in [0, 0.05) is 36.5 Å². The van der Waals surface area contributed by atoms with E-state index in [0.29, 0.717) is 6.61 Å². The molecule has 0 aliphatic carbocycles. The number of thioether (sulfide) groups is 1. The Morgan fingerprint density at radius 3 is 2.44 bits per heavy atom. The molecule has 1 aromatic heterocycles. The summed E-state index contributed by atoms with van der Waals surface area (Å²) in [5.41, 5.74) is -3.57. The first kappa shape index (κ1) is 26.0. The number of hydrogen-bond acceptors (Lipinski definition) is 5. The highest BCUT2D eigenvalue weighted by Crippen LogP contribution is 2.38. The molecule has 0 spiro atoms. The number of carbonyl (C=O) groups is 2. The molecule has 184 valence electrons. The Balaban J connectivity index is 1.72. The number of alkyl halides is 3. The Morgan fingerprint density at radius 2 is 1.79 bits per heavy atom. The molecule has 6 nitrogen and oxygen atoms in total. The van der Waals surface area contributed by atoms with Crippen LogP contribution in [0.15, 0.2) is 47.5 Å². The summed E-state index contributed by atoms with van der Waals surface area (Å²) >= 11 is -0.246. The minimum atomic E-state index is -4.41. The van der Waals surface area contributed by atoms with Gasteiger partial charge in [0.2, 0.25) is 0 Å². The molecular formula is C24H28F3N3O3S. The van der Waals surface area contributed by atoms with Crippen LogP contribution in [0, 0.1) is 0 Å². The van der Waals surface area contributed by atoms with E-state index in [-0.39, 0.29) is 28.9 Å².